The maximum absolute atomic E-state index is 12.5. The fraction of sp³-hybridized carbons (Fsp3) is 0.750. The van der Waals surface area contributed by atoms with E-state index < -0.39 is 0 Å². The molecular weight excluding hydrogens is 384 g/mol. The first-order valence-corrected chi connectivity index (χ1v) is 11.6. The van der Waals surface area contributed by atoms with Gasteiger partial charge in [-0.2, -0.15) is 0 Å². The van der Waals surface area contributed by atoms with Gasteiger partial charge in [0, 0.05) is 0 Å². The SMILES string of the molecule is O=C(OC/C=C/CCCC1CO1)C1CCCCC1C(=O)OC/C=C/CCCC1CO1. The summed E-state index contributed by atoms with van der Waals surface area (Å²) < 4.78 is 21.2. The van der Waals surface area contributed by atoms with Crippen LogP contribution >= 0.6 is 0 Å². The van der Waals surface area contributed by atoms with E-state index in [9.17, 15) is 9.59 Å². The van der Waals surface area contributed by atoms with Crippen LogP contribution < -0.4 is 0 Å². The molecule has 2 heterocycles. The van der Waals surface area contributed by atoms with Gasteiger partial charge in [-0.25, -0.2) is 0 Å². The molecule has 30 heavy (non-hydrogen) atoms. The normalized spacial score (nSPS) is 28.0. The molecule has 6 nitrogen and oxygen atoms in total. The molecule has 2 saturated heterocycles. The Hall–Kier alpha value is -1.66. The van der Waals surface area contributed by atoms with Gasteiger partial charge in [0.05, 0.1) is 37.3 Å². The first kappa shape index (κ1) is 23.0. The Morgan fingerprint density at radius 3 is 1.57 bits per heavy atom. The number of allylic oxidation sites excluding steroid dienone is 2. The van der Waals surface area contributed by atoms with Gasteiger partial charge >= 0.3 is 11.9 Å². The Kier molecular flexibility index (Phi) is 9.90. The molecule has 0 aromatic heterocycles. The number of carbonyl (C=O) groups is 2. The maximum atomic E-state index is 12.5. The monoisotopic (exact) mass is 420 g/mol. The lowest BCUT2D eigenvalue weighted by atomic mass is 9.79. The van der Waals surface area contributed by atoms with Crippen LogP contribution in [-0.4, -0.2) is 50.6 Å². The van der Waals surface area contributed by atoms with Gasteiger partial charge in [0.1, 0.15) is 13.2 Å². The summed E-state index contributed by atoms with van der Waals surface area (Å²) in [6, 6.07) is 0. The molecule has 3 rings (SSSR count). The van der Waals surface area contributed by atoms with Crippen molar-refractivity contribution in [2.24, 2.45) is 11.8 Å². The lowest BCUT2D eigenvalue weighted by Crippen LogP contribution is -2.35. The van der Waals surface area contributed by atoms with E-state index in [0.29, 0.717) is 25.0 Å². The Bertz CT molecular complexity index is 539. The third-order valence-electron chi connectivity index (χ3n) is 5.95. The van der Waals surface area contributed by atoms with E-state index in [4.69, 9.17) is 18.9 Å². The number of esters is 2. The second-order valence-corrected chi connectivity index (χ2v) is 8.47. The predicted octanol–water partition coefficient (Wildman–Crippen LogP) is 4.13. The molecule has 3 fully saturated rings. The molecule has 4 atom stereocenters. The van der Waals surface area contributed by atoms with Crippen LogP contribution in [0.1, 0.15) is 64.2 Å². The largest absolute Gasteiger partial charge is 0.461 e. The maximum Gasteiger partial charge on any atom is 0.310 e. The molecule has 4 unspecified atom stereocenters. The number of hydrogen-bond acceptors (Lipinski definition) is 6. The van der Waals surface area contributed by atoms with Gasteiger partial charge < -0.3 is 18.9 Å². The molecule has 3 aliphatic rings. The zero-order chi connectivity index (χ0) is 21.0. The summed E-state index contributed by atoms with van der Waals surface area (Å²) in [4.78, 5) is 25.0. The molecule has 0 bridgehead atoms. The lowest BCUT2D eigenvalue weighted by molar-refractivity contribution is -0.161. The van der Waals surface area contributed by atoms with Crippen molar-refractivity contribution in [1.29, 1.82) is 0 Å². The minimum Gasteiger partial charge on any atom is -0.461 e. The van der Waals surface area contributed by atoms with Crippen LogP contribution in [0.25, 0.3) is 0 Å². The smallest absolute Gasteiger partial charge is 0.310 e. The first-order chi connectivity index (χ1) is 14.7. The van der Waals surface area contributed by atoms with Crippen molar-refractivity contribution in [2.45, 2.75) is 76.4 Å². The standard InChI is InChI=1S/C24H36O6/c25-23(27-15-9-3-1-5-11-19-17-29-19)21-13-7-8-14-22(21)24(26)28-16-10-4-2-6-12-20-18-30-20/h3-4,9-10,19-22H,1-2,5-8,11-18H2/b9-3+,10-4+. The highest BCUT2D eigenvalue weighted by molar-refractivity contribution is 5.82. The number of epoxide rings is 2. The third kappa shape index (κ3) is 9.00. The molecule has 6 heteroatoms. The highest BCUT2D eigenvalue weighted by atomic mass is 16.6. The molecular formula is C24H36O6. The molecule has 0 N–H and O–H groups in total. The fourth-order valence-electron chi connectivity index (χ4n) is 3.94. The number of hydrogen-bond donors (Lipinski definition) is 0. The second kappa shape index (κ2) is 12.9. The van der Waals surface area contributed by atoms with Gasteiger partial charge in [-0.05, 0) is 51.4 Å². The van der Waals surface area contributed by atoms with Crippen molar-refractivity contribution in [3.05, 3.63) is 24.3 Å². The highest BCUT2D eigenvalue weighted by Gasteiger charge is 2.37. The van der Waals surface area contributed by atoms with Gasteiger partial charge in [-0.15, -0.1) is 0 Å². The molecule has 0 aromatic carbocycles. The summed E-state index contributed by atoms with van der Waals surface area (Å²) >= 11 is 0. The summed E-state index contributed by atoms with van der Waals surface area (Å²) in [6.45, 7) is 2.34. The fourth-order valence-corrected chi connectivity index (χ4v) is 3.94. The van der Waals surface area contributed by atoms with Crippen LogP contribution in [0.15, 0.2) is 24.3 Å². The average Bonchev–Trinajstić information content (AvgIpc) is 3.67. The third-order valence-corrected chi connectivity index (χ3v) is 5.95. The Morgan fingerprint density at radius 1 is 0.733 bits per heavy atom. The topological polar surface area (TPSA) is 77.7 Å². The van der Waals surface area contributed by atoms with E-state index in [1.807, 2.05) is 24.3 Å². The van der Waals surface area contributed by atoms with E-state index >= 15 is 0 Å². The Balaban J connectivity index is 1.29. The van der Waals surface area contributed by atoms with E-state index in [1.54, 1.807) is 0 Å². The predicted molar refractivity (Wildman–Crippen MR) is 113 cm³/mol. The van der Waals surface area contributed by atoms with Gasteiger partial charge in [0.2, 0.25) is 0 Å². The van der Waals surface area contributed by atoms with E-state index in [2.05, 4.69) is 0 Å². The van der Waals surface area contributed by atoms with Crippen LogP contribution in [0.5, 0.6) is 0 Å². The van der Waals surface area contributed by atoms with E-state index in [1.165, 1.54) is 0 Å². The Morgan fingerprint density at radius 2 is 1.17 bits per heavy atom. The first-order valence-electron chi connectivity index (χ1n) is 11.6. The summed E-state index contributed by atoms with van der Waals surface area (Å²) in [5.74, 6) is -1.31. The van der Waals surface area contributed by atoms with Crippen LogP contribution in [0.3, 0.4) is 0 Å². The summed E-state index contributed by atoms with van der Waals surface area (Å²) in [5.41, 5.74) is 0. The number of carbonyl (C=O) groups excluding carboxylic acids is 2. The molecule has 1 saturated carbocycles. The number of rotatable bonds is 14. The van der Waals surface area contributed by atoms with Crippen LogP contribution in [0, 0.1) is 11.8 Å². The van der Waals surface area contributed by atoms with Gasteiger partial charge in [-0.1, -0.05) is 37.1 Å². The average molecular weight is 421 g/mol. The zero-order valence-corrected chi connectivity index (χ0v) is 18.0. The molecule has 0 amide bonds. The van der Waals surface area contributed by atoms with Crippen LogP contribution in [0.2, 0.25) is 0 Å². The summed E-state index contributed by atoms with van der Waals surface area (Å²) in [7, 11) is 0. The van der Waals surface area contributed by atoms with Gasteiger partial charge in [0.15, 0.2) is 0 Å². The van der Waals surface area contributed by atoms with Crippen molar-refractivity contribution in [1.82, 2.24) is 0 Å². The molecule has 2 aliphatic heterocycles. The molecule has 0 aromatic rings. The van der Waals surface area contributed by atoms with E-state index in [0.717, 1.165) is 64.6 Å². The highest BCUT2D eigenvalue weighted by Crippen LogP contribution is 2.32. The van der Waals surface area contributed by atoms with Crippen LogP contribution in [-0.2, 0) is 28.5 Å². The Labute approximate surface area is 180 Å². The molecule has 0 radical (unpaired) electrons. The molecule has 1 aliphatic carbocycles. The zero-order valence-electron chi connectivity index (χ0n) is 18.0. The lowest BCUT2D eigenvalue weighted by Gasteiger charge is -2.28. The molecule has 0 spiro atoms. The van der Waals surface area contributed by atoms with Gasteiger partial charge in [-0.3, -0.25) is 9.59 Å². The minimum atomic E-state index is -0.380. The van der Waals surface area contributed by atoms with Crippen molar-refractivity contribution >= 4 is 11.9 Å². The van der Waals surface area contributed by atoms with Crippen molar-refractivity contribution in [2.75, 3.05) is 26.4 Å². The number of unbranched alkanes of at least 4 members (excludes halogenated alkanes) is 2. The minimum absolute atomic E-state index is 0.270. The van der Waals surface area contributed by atoms with Crippen molar-refractivity contribution in [3.8, 4) is 0 Å². The van der Waals surface area contributed by atoms with E-state index in [-0.39, 0.29) is 37.0 Å². The molecule has 168 valence electrons. The second-order valence-electron chi connectivity index (χ2n) is 8.47. The summed E-state index contributed by atoms with van der Waals surface area (Å²) in [6.07, 6.45) is 18.4. The summed E-state index contributed by atoms with van der Waals surface area (Å²) in [5, 5.41) is 0. The number of ether oxygens (including phenoxy) is 4. The quantitative estimate of drug-likeness (QED) is 0.182. The van der Waals surface area contributed by atoms with Crippen LogP contribution in [0.4, 0.5) is 0 Å². The van der Waals surface area contributed by atoms with Gasteiger partial charge in [0.25, 0.3) is 0 Å². The van der Waals surface area contributed by atoms with Crippen molar-refractivity contribution in [3.63, 3.8) is 0 Å². The van der Waals surface area contributed by atoms with Crippen molar-refractivity contribution < 1.29 is 28.5 Å².